The van der Waals surface area contributed by atoms with Gasteiger partial charge in [-0.3, -0.25) is 4.79 Å². The van der Waals surface area contributed by atoms with E-state index < -0.39 is 0 Å². The Bertz CT molecular complexity index is 1110. The number of carbonyl (C=O) groups excluding carboxylic acids is 1. The molecular formula is C21H18N4OS. The molecule has 4 aromatic rings. The molecule has 27 heavy (non-hydrogen) atoms. The monoisotopic (exact) mass is 374 g/mol. The van der Waals surface area contributed by atoms with Crippen LogP contribution in [0.2, 0.25) is 0 Å². The number of para-hydroxylation sites is 1. The van der Waals surface area contributed by atoms with Crippen LogP contribution in [0.5, 0.6) is 0 Å². The number of aromatic amines is 1. The predicted molar refractivity (Wildman–Crippen MR) is 110 cm³/mol. The van der Waals surface area contributed by atoms with Gasteiger partial charge < -0.3 is 4.98 Å². The van der Waals surface area contributed by atoms with E-state index in [1.807, 2.05) is 66.9 Å². The van der Waals surface area contributed by atoms with Crippen LogP contribution in [0.15, 0.2) is 65.1 Å². The van der Waals surface area contributed by atoms with Crippen molar-refractivity contribution in [2.45, 2.75) is 13.3 Å². The number of fused-ring (bicyclic) bond motifs is 1. The van der Waals surface area contributed by atoms with Gasteiger partial charge in [0.25, 0.3) is 0 Å². The number of thiazole rings is 1. The maximum absolute atomic E-state index is 12.1. The number of H-pyrrole nitrogens is 1. The van der Waals surface area contributed by atoms with Gasteiger partial charge in [-0.1, -0.05) is 48.5 Å². The van der Waals surface area contributed by atoms with E-state index in [0.29, 0.717) is 0 Å². The maximum atomic E-state index is 12.1. The van der Waals surface area contributed by atoms with Crippen LogP contribution in [-0.4, -0.2) is 22.1 Å². The van der Waals surface area contributed by atoms with E-state index in [-0.39, 0.29) is 12.3 Å². The van der Waals surface area contributed by atoms with Crippen molar-refractivity contribution in [1.29, 1.82) is 0 Å². The van der Waals surface area contributed by atoms with Crippen LogP contribution in [0.3, 0.4) is 0 Å². The van der Waals surface area contributed by atoms with Gasteiger partial charge in [-0.25, -0.2) is 10.4 Å². The average Bonchev–Trinajstić information content (AvgIpc) is 3.26. The number of aryl methyl sites for hydroxylation is 1. The molecule has 0 fully saturated rings. The molecule has 0 saturated heterocycles. The van der Waals surface area contributed by atoms with Crippen LogP contribution in [-0.2, 0) is 11.2 Å². The van der Waals surface area contributed by atoms with Crippen LogP contribution in [0.4, 0.5) is 0 Å². The van der Waals surface area contributed by atoms with Gasteiger partial charge in [-0.2, -0.15) is 5.10 Å². The summed E-state index contributed by atoms with van der Waals surface area (Å²) < 4.78 is 0. The Labute approximate surface area is 160 Å². The van der Waals surface area contributed by atoms with Crippen molar-refractivity contribution >= 4 is 34.4 Å². The molecule has 4 rings (SSSR count). The van der Waals surface area contributed by atoms with E-state index >= 15 is 0 Å². The molecule has 0 atom stereocenters. The molecule has 2 heterocycles. The van der Waals surface area contributed by atoms with E-state index in [9.17, 15) is 4.79 Å². The third-order valence-corrected chi connectivity index (χ3v) is 5.14. The third kappa shape index (κ3) is 3.80. The highest BCUT2D eigenvalue weighted by Crippen LogP contribution is 2.28. The van der Waals surface area contributed by atoms with Crippen molar-refractivity contribution < 1.29 is 4.79 Å². The van der Waals surface area contributed by atoms with Crippen LogP contribution in [0.25, 0.3) is 22.2 Å². The maximum Gasteiger partial charge on any atom is 0.246 e. The van der Waals surface area contributed by atoms with Crippen LogP contribution in [0, 0.1) is 6.92 Å². The van der Waals surface area contributed by atoms with Gasteiger partial charge in [-0.15, -0.1) is 11.3 Å². The van der Waals surface area contributed by atoms with Gasteiger partial charge in [0.05, 0.1) is 18.3 Å². The molecule has 0 bridgehead atoms. The molecule has 1 amide bonds. The minimum atomic E-state index is -0.179. The lowest BCUT2D eigenvalue weighted by Gasteiger charge is -2.01. The van der Waals surface area contributed by atoms with Gasteiger partial charge in [-0.05, 0) is 18.6 Å². The number of nitrogens with one attached hydrogen (secondary N) is 2. The molecular weight excluding hydrogens is 356 g/mol. The molecule has 0 radical (unpaired) electrons. The first-order valence-electron chi connectivity index (χ1n) is 8.60. The van der Waals surface area contributed by atoms with Gasteiger partial charge in [0, 0.05) is 27.5 Å². The molecule has 0 aliphatic carbocycles. The molecule has 2 aromatic heterocycles. The molecule has 0 spiro atoms. The largest absolute Gasteiger partial charge is 0.354 e. The van der Waals surface area contributed by atoms with Crippen molar-refractivity contribution in [3.63, 3.8) is 0 Å². The zero-order valence-corrected chi connectivity index (χ0v) is 15.6. The highest BCUT2D eigenvalue weighted by molar-refractivity contribution is 7.09. The van der Waals surface area contributed by atoms with Crippen molar-refractivity contribution in [3.05, 3.63) is 76.2 Å². The van der Waals surface area contributed by atoms with Crippen LogP contribution < -0.4 is 5.43 Å². The topological polar surface area (TPSA) is 70.1 Å². The summed E-state index contributed by atoms with van der Waals surface area (Å²) in [7, 11) is 0. The van der Waals surface area contributed by atoms with Gasteiger partial charge in [0.1, 0.15) is 5.01 Å². The highest BCUT2D eigenvalue weighted by atomic mass is 32.1. The number of hydrazone groups is 1. The summed E-state index contributed by atoms with van der Waals surface area (Å²) >= 11 is 1.48. The second kappa shape index (κ2) is 7.55. The fourth-order valence-electron chi connectivity index (χ4n) is 2.96. The molecule has 5 nitrogen and oxygen atoms in total. The minimum Gasteiger partial charge on any atom is -0.354 e. The Morgan fingerprint density at radius 1 is 1.19 bits per heavy atom. The summed E-state index contributed by atoms with van der Waals surface area (Å²) in [5, 5.41) is 7.97. The lowest BCUT2D eigenvalue weighted by Crippen LogP contribution is -2.19. The van der Waals surface area contributed by atoms with Crippen molar-refractivity contribution in [1.82, 2.24) is 15.4 Å². The SMILES string of the molecule is Cc1csc(CC(=O)N/N=C/c2c(-c3ccccc3)[nH]c3ccccc23)n1. The summed E-state index contributed by atoms with van der Waals surface area (Å²) in [5.41, 5.74) is 7.56. The minimum absolute atomic E-state index is 0.179. The zero-order chi connectivity index (χ0) is 18.6. The van der Waals surface area contributed by atoms with Crippen LogP contribution in [0.1, 0.15) is 16.3 Å². The molecule has 0 aliphatic rings. The van der Waals surface area contributed by atoms with E-state index in [4.69, 9.17) is 0 Å². The Kier molecular flexibility index (Phi) is 4.80. The summed E-state index contributed by atoms with van der Waals surface area (Å²) in [6.45, 7) is 1.91. The van der Waals surface area contributed by atoms with E-state index in [0.717, 1.165) is 38.4 Å². The summed E-state index contributed by atoms with van der Waals surface area (Å²) in [5.74, 6) is -0.179. The number of aromatic nitrogens is 2. The van der Waals surface area contributed by atoms with Gasteiger partial charge in [0.15, 0.2) is 0 Å². The number of hydrogen-bond acceptors (Lipinski definition) is 4. The number of nitrogens with zero attached hydrogens (tertiary/aromatic N) is 2. The third-order valence-electron chi connectivity index (χ3n) is 4.17. The van der Waals surface area contributed by atoms with Crippen molar-refractivity contribution in [2.24, 2.45) is 5.10 Å². The second-order valence-corrected chi connectivity index (χ2v) is 7.12. The van der Waals surface area contributed by atoms with Crippen LogP contribution >= 0.6 is 11.3 Å². The first-order chi connectivity index (χ1) is 13.2. The summed E-state index contributed by atoms with van der Waals surface area (Å²) in [6.07, 6.45) is 1.93. The number of hydrogen-bond donors (Lipinski definition) is 2. The molecule has 0 saturated carbocycles. The van der Waals surface area contributed by atoms with E-state index in [1.54, 1.807) is 6.21 Å². The Balaban J connectivity index is 1.59. The molecule has 2 aromatic carbocycles. The summed E-state index contributed by atoms with van der Waals surface area (Å²) in [6, 6.07) is 18.1. The predicted octanol–water partition coefficient (Wildman–Crippen LogP) is 4.29. The molecule has 134 valence electrons. The Morgan fingerprint density at radius 2 is 1.96 bits per heavy atom. The highest BCUT2D eigenvalue weighted by Gasteiger charge is 2.11. The fourth-order valence-corrected chi connectivity index (χ4v) is 3.73. The lowest BCUT2D eigenvalue weighted by atomic mass is 10.1. The number of rotatable bonds is 5. The van der Waals surface area contributed by atoms with Gasteiger partial charge in [0.2, 0.25) is 5.91 Å². The first kappa shape index (κ1) is 17.2. The molecule has 2 N–H and O–H groups in total. The standard InChI is InChI=1S/C21H18N4OS/c1-14-13-27-20(23-14)11-19(26)25-22-12-17-16-9-5-6-10-18(16)24-21(17)15-7-3-2-4-8-15/h2-10,12-13,24H,11H2,1H3,(H,25,26)/b22-12+. The Morgan fingerprint density at radius 3 is 2.74 bits per heavy atom. The number of benzene rings is 2. The number of carbonyl (C=O) groups is 1. The smallest absolute Gasteiger partial charge is 0.246 e. The zero-order valence-electron chi connectivity index (χ0n) is 14.8. The summed E-state index contributed by atoms with van der Waals surface area (Å²) in [4.78, 5) is 19.9. The molecule has 0 aliphatic heterocycles. The van der Waals surface area contributed by atoms with E-state index in [1.165, 1.54) is 11.3 Å². The van der Waals surface area contributed by atoms with Crippen molar-refractivity contribution in [3.8, 4) is 11.3 Å². The second-order valence-electron chi connectivity index (χ2n) is 6.18. The first-order valence-corrected chi connectivity index (χ1v) is 9.48. The lowest BCUT2D eigenvalue weighted by molar-refractivity contribution is -0.120. The Hall–Kier alpha value is -3.25. The van der Waals surface area contributed by atoms with Crippen molar-refractivity contribution in [2.75, 3.05) is 0 Å². The molecule has 6 heteroatoms. The quantitative estimate of drug-likeness (QED) is 0.404. The molecule has 0 unspecified atom stereocenters. The fraction of sp³-hybridized carbons (Fsp3) is 0.0952. The number of amides is 1. The normalized spacial score (nSPS) is 11.3. The van der Waals surface area contributed by atoms with Gasteiger partial charge >= 0.3 is 0 Å². The average molecular weight is 374 g/mol. The van der Waals surface area contributed by atoms with E-state index in [2.05, 4.69) is 20.5 Å².